The van der Waals surface area contributed by atoms with Crippen LogP contribution in [0.25, 0.3) is 0 Å². The molecule has 2 rings (SSSR count). The number of rotatable bonds is 6. The summed E-state index contributed by atoms with van der Waals surface area (Å²) < 4.78 is 0. The topological polar surface area (TPSA) is 44.3 Å². The van der Waals surface area contributed by atoms with Gasteiger partial charge in [0, 0.05) is 18.6 Å². The van der Waals surface area contributed by atoms with Gasteiger partial charge in [-0.15, -0.1) is 0 Å². The van der Waals surface area contributed by atoms with Crippen LogP contribution in [0.1, 0.15) is 37.9 Å². The molecule has 3 N–H and O–H groups in total. The fraction of sp³-hybridized carbons (Fsp3) is 0.692. The van der Waals surface area contributed by atoms with Crippen LogP contribution in [0.15, 0.2) is 16.8 Å². The van der Waals surface area contributed by atoms with Crippen molar-refractivity contribution in [2.75, 3.05) is 13.1 Å². The second-order valence-corrected chi connectivity index (χ2v) is 5.69. The first kappa shape index (κ1) is 13.0. The molecule has 0 aliphatic carbocycles. The molecular weight excluding hydrogens is 232 g/mol. The summed E-state index contributed by atoms with van der Waals surface area (Å²) in [6.07, 6.45) is 3.37. The van der Waals surface area contributed by atoms with Gasteiger partial charge in [0.1, 0.15) is 0 Å². The van der Waals surface area contributed by atoms with E-state index in [-0.39, 0.29) is 6.10 Å². The lowest BCUT2D eigenvalue weighted by Crippen LogP contribution is -2.35. The quantitative estimate of drug-likeness (QED) is 0.726. The Hall–Kier alpha value is -0.420. The molecule has 96 valence electrons. The van der Waals surface area contributed by atoms with E-state index in [1.165, 1.54) is 12.8 Å². The van der Waals surface area contributed by atoms with Crippen LogP contribution < -0.4 is 10.6 Å². The Morgan fingerprint density at radius 1 is 1.65 bits per heavy atom. The highest BCUT2D eigenvalue weighted by Crippen LogP contribution is 2.16. The maximum atomic E-state index is 9.95. The highest BCUT2D eigenvalue weighted by atomic mass is 32.1. The number of nitrogens with one attached hydrogen (secondary N) is 2. The molecule has 3 atom stereocenters. The Kier molecular flexibility index (Phi) is 4.98. The van der Waals surface area contributed by atoms with Gasteiger partial charge in [0.05, 0.1) is 6.10 Å². The third kappa shape index (κ3) is 4.07. The minimum atomic E-state index is -0.375. The van der Waals surface area contributed by atoms with Crippen LogP contribution in [0.3, 0.4) is 0 Å². The molecule has 2 heterocycles. The van der Waals surface area contributed by atoms with E-state index in [4.69, 9.17) is 0 Å². The highest BCUT2D eigenvalue weighted by Gasteiger charge is 2.17. The van der Waals surface area contributed by atoms with Crippen molar-refractivity contribution in [3.8, 4) is 0 Å². The lowest BCUT2D eigenvalue weighted by Gasteiger charge is -2.20. The Balaban J connectivity index is 1.66. The smallest absolute Gasteiger partial charge is 0.0922 e. The summed E-state index contributed by atoms with van der Waals surface area (Å²) >= 11 is 1.63. The van der Waals surface area contributed by atoms with E-state index in [1.54, 1.807) is 11.3 Å². The Morgan fingerprint density at radius 2 is 2.53 bits per heavy atom. The van der Waals surface area contributed by atoms with Crippen molar-refractivity contribution >= 4 is 11.3 Å². The van der Waals surface area contributed by atoms with Crippen molar-refractivity contribution in [2.24, 2.45) is 0 Å². The zero-order valence-corrected chi connectivity index (χ0v) is 11.2. The molecule has 0 aromatic carbocycles. The highest BCUT2D eigenvalue weighted by molar-refractivity contribution is 7.07. The lowest BCUT2D eigenvalue weighted by atomic mass is 10.1. The number of aliphatic hydroxyl groups is 1. The summed E-state index contributed by atoms with van der Waals surface area (Å²) in [5, 5.41) is 20.9. The fourth-order valence-corrected chi connectivity index (χ4v) is 3.07. The number of aliphatic hydroxyl groups excluding tert-OH is 1. The van der Waals surface area contributed by atoms with Crippen molar-refractivity contribution < 1.29 is 5.11 Å². The third-order valence-electron chi connectivity index (χ3n) is 3.39. The molecule has 1 aromatic heterocycles. The van der Waals surface area contributed by atoms with E-state index >= 15 is 0 Å². The zero-order chi connectivity index (χ0) is 12.1. The first-order chi connectivity index (χ1) is 8.25. The van der Waals surface area contributed by atoms with Gasteiger partial charge in [-0.25, -0.2) is 0 Å². The predicted molar refractivity (Wildman–Crippen MR) is 72.4 cm³/mol. The zero-order valence-electron chi connectivity index (χ0n) is 10.4. The van der Waals surface area contributed by atoms with Gasteiger partial charge in [-0.3, -0.25) is 0 Å². The molecule has 3 unspecified atom stereocenters. The Morgan fingerprint density at radius 3 is 3.18 bits per heavy atom. The second kappa shape index (κ2) is 6.50. The van der Waals surface area contributed by atoms with Crippen molar-refractivity contribution in [3.05, 3.63) is 22.4 Å². The molecule has 0 saturated carbocycles. The Labute approximate surface area is 107 Å². The van der Waals surface area contributed by atoms with Gasteiger partial charge in [0.2, 0.25) is 0 Å². The van der Waals surface area contributed by atoms with Crippen LogP contribution in [0.4, 0.5) is 0 Å². The minimum Gasteiger partial charge on any atom is -0.387 e. The van der Waals surface area contributed by atoms with Crippen LogP contribution in [-0.2, 0) is 0 Å². The van der Waals surface area contributed by atoms with Crippen LogP contribution in [0.5, 0.6) is 0 Å². The van der Waals surface area contributed by atoms with Crippen LogP contribution in [0.2, 0.25) is 0 Å². The van der Waals surface area contributed by atoms with Crippen LogP contribution >= 0.6 is 11.3 Å². The van der Waals surface area contributed by atoms with Gasteiger partial charge in [0.25, 0.3) is 0 Å². The molecule has 3 nitrogen and oxygen atoms in total. The van der Waals surface area contributed by atoms with Crippen LogP contribution in [0, 0.1) is 0 Å². The van der Waals surface area contributed by atoms with Crippen LogP contribution in [-0.4, -0.2) is 30.3 Å². The summed E-state index contributed by atoms with van der Waals surface area (Å²) in [4.78, 5) is 0. The molecule has 0 radical (unpaired) electrons. The average molecular weight is 254 g/mol. The number of hydrogen-bond donors (Lipinski definition) is 3. The number of thiophene rings is 1. The summed E-state index contributed by atoms with van der Waals surface area (Å²) in [5.74, 6) is 0. The van der Waals surface area contributed by atoms with Gasteiger partial charge in [-0.1, -0.05) is 0 Å². The maximum absolute atomic E-state index is 9.95. The summed E-state index contributed by atoms with van der Waals surface area (Å²) in [5.41, 5.74) is 1.02. The molecule has 1 fully saturated rings. The second-order valence-electron chi connectivity index (χ2n) is 4.91. The van der Waals surface area contributed by atoms with E-state index in [0.29, 0.717) is 18.6 Å². The standard InChI is InChI=1S/C13H22N2OS/c1-10(7-12-3-2-5-14-12)15-8-13(16)11-4-6-17-9-11/h4,6,9-10,12-16H,2-3,5,7-8H2,1H3. The molecular formula is C13H22N2OS. The maximum Gasteiger partial charge on any atom is 0.0922 e. The van der Waals surface area contributed by atoms with Gasteiger partial charge >= 0.3 is 0 Å². The molecule has 4 heteroatoms. The van der Waals surface area contributed by atoms with E-state index in [0.717, 1.165) is 18.5 Å². The minimum absolute atomic E-state index is 0.375. The molecule has 0 amide bonds. The largest absolute Gasteiger partial charge is 0.387 e. The average Bonchev–Trinajstić information content (AvgIpc) is 2.97. The monoisotopic (exact) mass is 254 g/mol. The van der Waals surface area contributed by atoms with E-state index < -0.39 is 0 Å². The van der Waals surface area contributed by atoms with E-state index in [1.807, 2.05) is 16.8 Å². The van der Waals surface area contributed by atoms with Gasteiger partial charge < -0.3 is 15.7 Å². The summed E-state index contributed by atoms with van der Waals surface area (Å²) in [6, 6.07) is 3.11. The lowest BCUT2D eigenvalue weighted by molar-refractivity contribution is 0.169. The van der Waals surface area contributed by atoms with Gasteiger partial charge in [-0.2, -0.15) is 11.3 Å². The van der Waals surface area contributed by atoms with Gasteiger partial charge in [-0.05, 0) is 55.1 Å². The normalized spacial score (nSPS) is 23.8. The first-order valence-corrected chi connectivity index (χ1v) is 7.37. The number of hydrogen-bond acceptors (Lipinski definition) is 4. The molecule has 1 aromatic rings. The van der Waals surface area contributed by atoms with Gasteiger partial charge in [0.15, 0.2) is 0 Å². The third-order valence-corrected chi connectivity index (χ3v) is 4.09. The molecule has 1 saturated heterocycles. The molecule has 0 bridgehead atoms. The van der Waals surface area contributed by atoms with Crippen molar-refractivity contribution in [1.82, 2.24) is 10.6 Å². The molecule has 17 heavy (non-hydrogen) atoms. The first-order valence-electron chi connectivity index (χ1n) is 6.42. The van der Waals surface area contributed by atoms with E-state index in [2.05, 4.69) is 17.6 Å². The molecule has 1 aliphatic heterocycles. The SMILES string of the molecule is CC(CC1CCCN1)NCC(O)c1ccsc1. The Bertz CT molecular complexity index is 309. The van der Waals surface area contributed by atoms with E-state index in [9.17, 15) is 5.11 Å². The predicted octanol–water partition coefficient (Wildman–Crippen LogP) is 1.90. The fourth-order valence-electron chi connectivity index (χ4n) is 2.36. The molecule has 1 aliphatic rings. The molecule has 0 spiro atoms. The van der Waals surface area contributed by atoms with Crippen molar-refractivity contribution in [2.45, 2.75) is 44.4 Å². The van der Waals surface area contributed by atoms with Crippen molar-refractivity contribution in [3.63, 3.8) is 0 Å². The summed E-state index contributed by atoms with van der Waals surface area (Å²) in [6.45, 7) is 4.00. The summed E-state index contributed by atoms with van der Waals surface area (Å²) in [7, 11) is 0. The van der Waals surface area contributed by atoms with Crippen molar-refractivity contribution in [1.29, 1.82) is 0 Å².